The van der Waals surface area contributed by atoms with E-state index in [1.807, 2.05) is 36.6 Å². The molecule has 1 fully saturated rings. The van der Waals surface area contributed by atoms with Crippen molar-refractivity contribution in [2.45, 2.75) is 44.8 Å². The van der Waals surface area contributed by atoms with Gasteiger partial charge < -0.3 is 20.1 Å². The number of carbonyl (C=O) groups is 3. The number of hydrogen-bond acceptors (Lipinski definition) is 7. The van der Waals surface area contributed by atoms with E-state index in [2.05, 4.69) is 10.3 Å². The Morgan fingerprint density at radius 1 is 1.20 bits per heavy atom. The third-order valence-electron chi connectivity index (χ3n) is 6.90. The molecule has 2 atom stereocenters. The second-order valence-corrected chi connectivity index (χ2v) is 12.4. The second kappa shape index (κ2) is 12.9. The van der Waals surface area contributed by atoms with Crippen LogP contribution in [0.2, 0.25) is 10.0 Å². The summed E-state index contributed by atoms with van der Waals surface area (Å²) in [5.74, 6) is -1.32. The highest BCUT2D eigenvalue weighted by Gasteiger charge is 2.40. The highest BCUT2D eigenvalue weighted by molar-refractivity contribution is 7.17. The third kappa shape index (κ3) is 6.57. The summed E-state index contributed by atoms with van der Waals surface area (Å²) in [7, 11) is 0. The summed E-state index contributed by atoms with van der Waals surface area (Å²) in [6, 6.07) is 10.5. The van der Waals surface area contributed by atoms with Crippen molar-refractivity contribution in [3.8, 4) is 0 Å². The molecule has 2 aromatic heterocycles. The Labute approximate surface area is 254 Å². The predicted molar refractivity (Wildman–Crippen MR) is 162 cm³/mol. The number of nitrogens with one attached hydrogen (secondary N) is 1. The number of fused-ring (bicyclic) bond motifs is 1. The minimum Gasteiger partial charge on any atom is -0.481 e. The van der Waals surface area contributed by atoms with E-state index in [0.717, 1.165) is 20.0 Å². The van der Waals surface area contributed by atoms with Gasteiger partial charge in [-0.25, -0.2) is 4.98 Å². The van der Waals surface area contributed by atoms with Crippen molar-refractivity contribution in [2.24, 2.45) is 0 Å². The second-order valence-electron chi connectivity index (χ2n) is 9.57. The number of rotatable bonds is 10. The first-order chi connectivity index (χ1) is 19.7. The predicted octanol–water partition coefficient (Wildman–Crippen LogP) is 6.86. The van der Waals surface area contributed by atoms with Crippen LogP contribution in [0.25, 0.3) is 10.1 Å². The van der Waals surface area contributed by atoms with Crippen molar-refractivity contribution in [2.75, 3.05) is 18.5 Å². The monoisotopic (exact) mass is 631 g/mol. The fourth-order valence-corrected chi connectivity index (χ4v) is 7.45. The molecule has 0 saturated carbocycles. The van der Waals surface area contributed by atoms with Gasteiger partial charge in [0.15, 0.2) is 0 Å². The number of carbonyl (C=O) groups excluding carboxylic acids is 2. The molecule has 0 spiro atoms. The maximum atomic E-state index is 13.6. The van der Waals surface area contributed by atoms with Crippen LogP contribution in [0.1, 0.15) is 51.6 Å². The Hall–Kier alpha value is -3.02. The molecule has 41 heavy (non-hydrogen) atoms. The van der Waals surface area contributed by atoms with E-state index >= 15 is 0 Å². The molecule has 4 aromatic rings. The van der Waals surface area contributed by atoms with E-state index in [-0.39, 0.29) is 41.8 Å². The van der Waals surface area contributed by atoms with Gasteiger partial charge in [0, 0.05) is 44.7 Å². The van der Waals surface area contributed by atoms with Gasteiger partial charge in [-0.1, -0.05) is 41.4 Å². The van der Waals surface area contributed by atoms with Gasteiger partial charge in [-0.05, 0) is 43.5 Å². The number of halogens is 2. The number of likely N-dealkylation sites (tertiary alicyclic amines) is 1. The zero-order valence-corrected chi connectivity index (χ0v) is 25.2. The fraction of sp³-hybridized carbons (Fsp3) is 0.310. The van der Waals surface area contributed by atoms with Crippen LogP contribution in [-0.4, -0.2) is 52.0 Å². The molecule has 12 heteroatoms. The van der Waals surface area contributed by atoms with Crippen LogP contribution in [0.4, 0.5) is 5.69 Å². The van der Waals surface area contributed by atoms with Crippen LogP contribution >= 0.6 is 45.9 Å². The number of ether oxygens (including phenoxy) is 1. The van der Waals surface area contributed by atoms with Crippen molar-refractivity contribution in [3.05, 3.63) is 79.0 Å². The molecule has 5 rings (SSSR count). The number of anilines is 1. The molecular formula is C29H27Cl2N3O5S2. The normalized spacial score (nSPS) is 16.8. The van der Waals surface area contributed by atoms with Gasteiger partial charge in [-0.2, -0.15) is 0 Å². The lowest BCUT2D eigenvalue weighted by atomic mass is 10.1. The van der Waals surface area contributed by atoms with Crippen LogP contribution in [0.5, 0.6) is 0 Å². The lowest BCUT2D eigenvalue weighted by Crippen LogP contribution is -2.35. The van der Waals surface area contributed by atoms with Gasteiger partial charge in [0.05, 0.1) is 35.2 Å². The summed E-state index contributed by atoms with van der Waals surface area (Å²) in [6.45, 7) is 2.90. The van der Waals surface area contributed by atoms with Crippen LogP contribution in [0.15, 0.2) is 48.0 Å². The minimum absolute atomic E-state index is 0.00847. The summed E-state index contributed by atoms with van der Waals surface area (Å²) in [6.07, 6.45) is 2.53. The Balaban J connectivity index is 1.31. The molecule has 1 aliphatic rings. The SMILES string of the molecule is CCO[C@H]1CCN(C(=O)Cc2cc(Cl)c(NC(=O)c3csc4ccccc34)cc2Cl)[C@@H]1c1ncc(CCC(=O)O)s1. The highest BCUT2D eigenvalue weighted by atomic mass is 35.5. The smallest absolute Gasteiger partial charge is 0.303 e. The number of thiophene rings is 1. The molecule has 0 radical (unpaired) electrons. The Morgan fingerprint density at radius 3 is 2.78 bits per heavy atom. The molecule has 2 N–H and O–H groups in total. The van der Waals surface area contributed by atoms with Crippen LogP contribution in [-0.2, 0) is 27.2 Å². The summed E-state index contributed by atoms with van der Waals surface area (Å²) in [4.78, 5) is 44.7. The Bertz CT molecular complexity index is 1600. The average Bonchev–Trinajstić information content (AvgIpc) is 3.68. The molecular weight excluding hydrogens is 605 g/mol. The number of aryl methyl sites for hydroxylation is 1. The zero-order chi connectivity index (χ0) is 29.1. The van der Waals surface area contributed by atoms with Gasteiger partial charge in [-0.15, -0.1) is 22.7 Å². The molecule has 2 aromatic carbocycles. The topological polar surface area (TPSA) is 109 Å². The van der Waals surface area contributed by atoms with Crippen molar-refractivity contribution >= 4 is 79.4 Å². The maximum Gasteiger partial charge on any atom is 0.303 e. The summed E-state index contributed by atoms with van der Waals surface area (Å²) in [5.41, 5.74) is 1.45. The molecule has 1 aliphatic heterocycles. The summed E-state index contributed by atoms with van der Waals surface area (Å²) < 4.78 is 6.96. The lowest BCUT2D eigenvalue weighted by Gasteiger charge is -2.27. The van der Waals surface area contributed by atoms with Crippen LogP contribution in [0, 0.1) is 0 Å². The first-order valence-corrected chi connectivity index (χ1v) is 15.5. The minimum atomic E-state index is -0.870. The standard InChI is InChI=1S/C29H27Cl2N3O5S2/c1-2-39-23-9-10-34(27(23)29-32-14-17(41-29)7-8-26(36)37)25(35)12-16-11-21(31)22(13-20(16)30)33-28(38)19-15-40-24-6-4-3-5-18(19)24/h3-6,11,13-15,23,27H,2,7-10,12H2,1H3,(H,33,38)(H,36,37)/t23-,27-/m0/s1. The van der Waals surface area contributed by atoms with E-state index in [1.165, 1.54) is 22.7 Å². The van der Waals surface area contributed by atoms with Crippen LogP contribution < -0.4 is 5.32 Å². The first kappa shape index (κ1) is 29.5. The van der Waals surface area contributed by atoms with Gasteiger partial charge in [-0.3, -0.25) is 14.4 Å². The van der Waals surface area contributed by atoms with Gasteiger partial charge in [0.25, 0.3) is 5.91 Å². The number of aliphatic carboxylic acids is 1. The number of amides is 2. The molecule has 0 bridgehead atoms. The molecule has 8 nitrogen and oxygen atoms in total. The van der Waals surface area contributed by atoms with E-state index in [0.29, 0.717) is 47.8 Å². The molecule has 3 heterocycles. The number of benzene rings is 2. The number of carboxylic acid groups (broad SMARTS) is 1. The number of carboxylic acids is 1. The molecule has 214 valence electrons. The van der Waals surface area contributed by atoms with Crippen molar-refractivity contribution in [3.63, 3.8) is 0 Å². The molecule has 1 saturated heterocycles. The first-order valence-electron chi connectivity index (χ1n) is 13.1. The van der Waals surface area contributed by atoms with E-state index in [9.17, 15) is 14.4 Å². The van der Waals surface area contributed by atoms with Crippen molar-refractivity contribution in [1.82, 2.24) is 9.88 Å². The molecule has 0 aliphatic carbocycles. The van der Waals surface area contributed by atoms with Crippen molar-refractivity contribution < 1.29 is 24.2 Å². The number of thiazole rings is 1. The fourth-order valence-electron chi connectivity index (χ4n) is 4.96. The van der Waals surface area contributed by atoms with E-state index in [4.69, 9.17) is 33.0 Å². The van der Waals surface area contributed by atoms with E-state index in [1.54, 1.807) is 23.2 Å². The lowest BCUT2D eigenvalue weighted by molar-refractivity contribution is -0.137. The molecule has 0 unspecified atom stereocenters. The largest absolute Gasteiger partial charge is 0.481 e. The van der Waals surface area contributed by atoms with Gasteiger partial charge in [0.1, 0.15) is 11.0 Å². The van der Waals surface area contributed by atoms with E-state index < -0.39 is 5.97 Å². The van der Waals surface area contributed by atoms with Gasteiger partial charge in [0.2, 0.25) is 5.91 Å². The maximum absolute atomic E-state index is 13.6. The average molecular weight is 633 g/mol. The van der Waals surface area contributed by atoms with Crippen molar-refractivity contribution in [1.29, 1.82) is 0 Å². The zero-order valence-electron chi connectivity index (χ0n) is 22.1. The summed E-state index contributed by atoms with van der Waals surface area (Å²) >= 11 is 16.0. The van der Waals surface area contributed by atoms with Crippen LogP contribution in [0.3, 0.4) is 0 Å². The Morgan fingerprint density at radius 2 is 2.00 bits per heavy atom. The number of hydrogen-bond donors (Lipinski definition) is 2. The third-order valence-corrected chi connectivity index (χ3v) is 9.66. The number of aromatic nitrogens is 1. The quantitative estimate of drug-likeness (QED) is 0.198. The molecule has 2 amide bonds. The van der Waals surface area contributed by atoms with Gasteiger partial charge >= 0.3 is 5.97 Å². The number of nitrogens with zero attached hydrogens (tertiary/aromatic N) is 2. The summed E-state index contributed by atoms with van der Waals surface area (Å²) in [5, 5.41) is 15.8. The Kier molecular flexibility index (Phi) is 9.25. The highest BCUT2D eigenvalue weighted by Crippen LogP contribution is 2.38.